The summed E-state index contributed by atoms with van der Waals surface area (Å²) in [5.41, 5.74) is 2.33. The van der Waals surface area contributed by atoms with Crippen molar-refractivity contribution in [3.63, 3.8) is 0 Å². The van der Waals surface area contributed by atoms with E-state index in [9.17, 15) is 4.79 Å². The molecule has 0 aromatic heterocycles. The summed E-state index contributed by atoms with van der Waals surface area (Å²) in [4.78, 5) is 14.8. The lowest BCUT2D eigenvalue weighted by Crippen LogP contribution is -2.42. The van der Waals surface area contributed by atoms with E-state index in [-0.39, 0.29) is 5.91 Å². The number of hydrogen-bond donors (Lipinski definition) is 1. The van der Waals surface area contributed by atoms with Crippen molar-refractivity contribution in [2.24, 2.45) is 5.92 Å². The third-order valence-corrected chi connectivity index (χ3v) is 5.53. The van der Waals surface area contributed by atoms with Gasteiger partial charge in [0.25, 0.3) is 0 Å². The maximum Gasteiger partial charge on any atom is 0.224 e. The first-order valence-corrected chi connectivity index (χ1v) is 9.27. The molecule has 0 unspecified atom stereocenters. The molecule has 0 radical (unpaired) electrons. The van der Waals surface area contributed by atoms with Crippen LogP contribution >= 0.6 is 0 Å². The maximum absolute atomic E-state index is 12.1. The molecule has 1 saturated carbocycles. The number of rotatable bonds is 5. The van der Waals surface area contributed by atoms with E-state index < -0.39 is 0 Å². The number of nitrogens with zero attached hydrogens (tertiary/aromatic N) is 1. The number of carbonyl (C=O) groups excluding carboxylic acids is 1. The van der Waals surface area contributed by atoms with Crippen LogP contribution in [0.1, 0.15) is 49.7 Å². The van der Waals surface area contributed by atoms with Gasteiger partial charge in [-0.1, -0.05) is 42.7 Å². The monoisotopic (exact) mass is 314 g/mol. The van der Waals surface area contributed by atoms with Crippen LogP contribution in [0.15, 0.2) is 24.3 Å². The Balaban J connectivity index is 1.36. The quantitative estimate of drug-likeness (QED) is 0.904. The van der Waals surface area contributed by atoms with Crippen molar-refractivity contribution in [3.8, 4) is 0 Å². The number of nitrogens with one attached hydrogen (secondary N) is 1. The van der Waals surface area contributed by atoms with Crippen molar-refractivity contribution >= 4 is 5.91 Å². The average Bonchev–Trinajstić information content (AvgIpc) is 3.08. The second kappa shape index (κ2) is 7.96. The van der Waals surface area contributed by atoms with E-state index in [1.807, 2.05) is 12.1 Å². The number of benzene rings is 1. The Hall–Kier alpha value is -1.35. The van der Waals surface area contributed by atoms with Crippen molar-refractivity contribution in [3.05, 3.63) is 35.4 Å². The molecule has 1 heterocycles. The van der Waals surface area contributed by atoms with E-state index in [1.54, 1.807) is 0 Å². The molecule has 0 atom stereocenters. The fourth-order valence-corrected chi connectivity index (χ4v) is 4.12. The molecule has 1 N–H and O–H groups in total. The first-order chi connectivity index (χ1) is 11.2. The molecule has 1 aliphatic heterocycles. The molecule has 3 heteroatoms. The highest BCUT2D eigenvalue weighted by atomic mass is 16.1. The topological polar surface area (TPSA) is 32.3 Å². The van der Waals surface area contributed by atoms with E-state index in [0.29, 0.717) is 12.3 Å². The van der Waals surface area contributed by atoms with Crippen molar-refractivity contribution < 1.29 is 4.79 Å². The Labute approximate surface area is 140 Å². The smallest absolute Gasteiger partial charge is 0.224 e. The highest BCUT2D eigenvalue weighted by Crippen LogP contribution is 2.27. The number of piperidine rings is 1. The molecule has 126 valence electrons. The SMILES string of the molecule is Cc1cccc(CC(=O)NCC2CCN(C3CCCC3)CC2)c1. The fourth-order valence-electron chi connectivity index (χ4n) is 4.12. The van der Waals surface area contributed by atoms with Gasteiger partial charge in [-0.25, -0.2) is 0 Å². The van der Waals surface area contributed by atoms with Crippen LogP contribution in [0.5, 0.6) is 0 Å². The largest absolute Gasteiger partial charge is 0.356 e. The summed E-state index contributed by atoms with van der Waals surface area (Å²) in [6, 6.07) is 9.08. The molecule has 0 spiro atoms. The lowest BCUT2D eigenvalue weighted by atomic mass is 9.95. The molecule has 3 rings (SSSR count). The van der Waals surface area contributed by atoms with E-state index in [0.717, 1.165) is 18.2 Å². The van der Waals surface area contributed by atoms with Gasteiger partial charge in [-0.2, -0.15) is 0 Å². The van der Waals surface area contributed by atoms with Gasteiger partial charge in [-0.3, -0.25) is 4.79 Å². The average molecular weight is 314 g/mol. The summed E-state index contributed by atoms with van der Waals surface area (Å²) in [6.45, 7) is 5.37. The summed E-state index contributed by atoms with van der Waals surface area (Å²) >= 11 is 0. The molecule has 1 saturated heterocycles. The van der Waals surface area contributed by atoms with Crippen LogP contribution < -0.4 is 5.32 Å². The molecule has 23 heavy (non-hydrogen) atoms. The molecule has 3 nitrogen and oxygen atoms in total. The Morgan fingerprint density at radius 2 is 1.91 bits per heavy atom. The zero-order valence-electron chi connectivity index (χ0n) is 14.4. The summed E-state index contributed by atoms with van der Waals surface area (Å²) in [5, 5.41) is 3.15. The minimum absolute atomic E-state index is 0.161. The molecular weight excluding hydrogens is 284 g/mol. The van der Waals surface area contributed by atoms with Gasteiger partial charge in [0.2, 0.25) is 5.91 Å². The summed E-state index contributed by atoms with van der Waals surface area (Å²) in [7, 11) is 0. The molecule has 1 aromatic rings. The Kier molecular flexibility index (Phi) is 5.71. The number of amides is 1. The summed E-state index contributed by atoms with van der Waals surface area (Å²) in [5.74, 6) is 0.822. The Bertz CT molecular complexity index is 514. The zero-order chi connectivity index (χ0) is 16.1. The van der Waals surface area contributed by atoms with Gasteiger partial charge in [0, 0.05) is 12.6 Å². The molecule has 1 amide bonds. The van der Waals surface area contributed by atoms with Crippen molar-refractivity contribution in [1.29, 1.82) is 0 Å². The number of likely N-dealkylation sites (tertiary alicyclic amines) is 1. The van der Waals surface area contributed by atoms with E-state index >= 15 is 0 Å². The predicted molar refractivity (Wildman–Crippen MR) is 94.4 cm³/mol. The van der Waals surface area contributed by atoms with Gasteiger partial charge in [-0.15, -0.1) is 0 Å². The number of aryl methyl sites for hydroxylation is 1. The highest BCUT2D eigenvalue weighted by Gasteiger charge is 2.27. The van der Waals surface area contributed by atoms with Crippen molar-refractivity contribution in [2.75, 3.05) is 19.6 Å². The van der Waals surface area contributed by atoms with Gasteiger partial charge in [-0.05, 0) is 57.2 Å². The highest BCUT2D eigenvalue weighted by molar-refractivity contribution is 5.78. The molecule has 1 aliphatic carbocycles. The minimum atomic E-state index is 0.161. The molecular formula is C20H30N2O. The first-order valence-electron chi connectivity index (χ1n) is 9.27. The van der Waals surface area contributed by atoms with E-state index in [4.69, 9.17) is 0 Å². The van der Waals surface area contributed by atoms with Crippen LogP contribution in [0.25, 0.3) is 0 Å². The second-order valence-electron chi connectivity index (χ2n) is 7.39. The molecule has 1 aromatic carbocycles. The van der Waals surface area contributed by atoms with Crippen LogP contribution in [0.4, 0.5) is 0 Å². The third-order valence-electron chi connectivity index (χ3n) is 5.53. The Morgan fingerprint density at radius 1 is 1.17 bits per heavy atom. The van der Waals surface area contributed by atoms with Crippen LogP contribution in [0.3, 0.4) is 0 Å². The number of hydrogen-bond acceptors (Lipinski definition) is 2. The maximum atomic E-state index is 12.1. The van der Waals surface area contributed by atoms with Crippen LogP contribution in [-0.2, 0) is 11.2 Å². The molecule has 2 fully saturated rings. The molecule has 0 bridgehead atoms. The van der Waals surface area contributed by atoms with Gasteiger partial charge in [0.05, 0.1) is 6.42 Å². The van der Waals surface area contributed by atoms with Crippen LogP contribution in [0, 0.1) is 12.8 Å². The lowest BCUT2D eigenvalue weighted by Gasteiger charge is -2.36. The van der Waals surface area contributed by atoms with Gasteiger partial charge >= 0.3 is 0 Å². The van der Waals surface area contributed by atoms with Crippen LogP contribution in [0.2, 0.25) is 0 Å². The van der Waals surface area contributed by atoms with Crippen molar-refractivity contribution in [2.45, 2.75) is 57.9 Å². The lowest BCUT2D eigenvalue weighted by molar-refractivity contribution is -0.120. The molecule has 2 aliphatic rings. The van der Waals surface area contributed by atoms with Crippen LogP contribution in [-0.4, -0.2) is 36.5 Å². The predicted octanol–water partition coefficient (Wildman–Crippen LogP) is 3.31. The van der Waals surface area contributed by atoms with E-state index in [2.05, 4.69) is 29.3 Å². The fraction of sp³-hybridized carbons (Fsp3) is 0.650. The zero-order valence-corrected chi connectivity index (χ0v) is 14.4. The normalized spacial score (nSPS) is 20.7. The first kappa shape index (κ1) is 16.5. The Morgan fingerprint density at radius 3 is 2.61 bits per heavy atom. The van der Waals surface area contributed by atoms with Gasteiger partial charge in [0.15, 0.2) is 0 Å². The number of carbonyl (C=O) groups is 1. The third kappa shape index (κ3) is 4.81. The van der Waals surface area contributed by atoms with E-state index in [1.165, 1.54) is 57.2 Å². The minimum Gasteiger partial charge on any atom is -0.356 e. The summed E-state index contributed by atoms with van der Waals surface area (Å²) in [6.07, 6.45) is 8.61. The standard InChI is InChI=1S/C20H30N2O/c1-16-5-4-6-18(13-16)14-20(23)21-15-17-9-11-22(12-10-17)19-7-2-3-8-19/h4-6,13,17,19H,2-3,7-12,14-15H2,1H3,(H,21,23). The second-order valence-corrected chi connectivity index (χ2v) is 7.39. The van der Waals surface area contributed by atoms with Gasteiger partial charge in [0.1, 0.15) is 0 Å². The summed E-state index contributed by atoms with van der Waals surface area (Å²) < 4.78 is 0. The van der Waals surface area contributed by atoms with Crippen molar-refractivity contribution in [1.82, 2.24) is 10.2 Å². The van der Waals surface area contributed by atoms with Gasteiger partial charge < -0.3 is 10.2 Å².